The van der Waals surface area contributed by atoms with Crippen molar-refractivity contribution in [1.29, 1.82) is 5.26 Å². The van der Waals surface area contributed by atoms with E-state index in [1.165, 1.54) is 0 Å². The van der Waals surface area contributed by atoms with Crippen LogP contribution in [-0.2, 0) is 9.47 Å². The van der Waals surface area contributed by atoms with Crippen molar-refractivity contribution in [2.75, 3.05) is 73.0 Å². The van der Waals surface area contributed by atoms with Crippen LogP contribution in [0.3, 0.4) is 0 Å². The summed E-state index contributed by atoms with van der Waals surface area (Å²) in [6, 6.07) is 33.1. The van der Waals surface area contributed by atoms with Crippen molar-refractivity contribution in [2.24, 2.45) is 0 Å². The van der Waals surface area contributed by atoms with E-state index in [0.717, 1.165) is 103 Å². The van der Waals surface area contributed by atoms with E-state index in [1.54, 1.807) is 37.2 Å². The predicted molar refractivity (Wildman–Crippen MR) is 238 cm³/mol. The van der Waals surface area contributed by atoms with Crippen LogP contribution in [0.2, 0.25) is 0 Å². The minimum absolute atomic E-state index is 0.187. The molecule has 0 radical (unpaired) electrons. The van der Waals surface area contributed by atoms with Crippen LogP contribution in [0, 0.1) is 11.3 Å². The van der Waals surface area contributed by atoms with E-state index in [1.807, 2.05) is 66.7 Å². The number of pyridine rings is 4. The average molecular weight is 812 g/mol. The fourth-order valence-electron chi connectivity index (χ4n) is 7.62. The van der Waals surface area contributed by atoms with Crippen molar-refractivity contribution in [3.05, 3.63) is 154 Å². The highest BCUT2D eigenvalue weighted by molar-refractivity contribution is 6.02. The van der Waals surface area contributed by atoms with Crippen molar-refractivity contribution < 1.29 is 13.9 Å². The van der Waals surface area contributed by atoms with Crippen molar-refractivity contribution in [3.63, 3.8) is 0 Å². The Morgan fingerprint density at radius 2 is 1.28 bits per heavy atom. The lowest BCUT2D eigenvalue weighted by Gasteiger charge is -2.28. The summed E-state index contributed by atoms with van der Waals surface area (Å²) in [5.74, 6) is 0.972. The molecule has 2 saturated heterocycles. The van der Waals surface area contributed by atoms with Gasteiger partial charge in [-0.2, -0.15) is 5.26 Å². The largest absolute Gasteiger partial charge is 0.472 e. The Balaban J connectivity index is 0.000000157. The lowest BCUT2D eigenvalue weighted by molar-refractivity contribution is 0.122. The SMILES string of the molecule is N#Cc1ccccc1-c1cc2cc[nH]c(=O)c2c(Nc2ccc(N3CCOCC3)cc2)n1.O=c1[nH]ccc2c(-c3ccoc3)cnc(Nc3ccc(N4CCOCC4)cc3)c12. The van der Waals surface area contributed by atoms with E-state index in [0.29, 0.717) is 33.7 Å². The lowest BCUT2D eigenvalue weighted by atomic mass is 10.0. The molecule has 0 spiro atoms. The third kappa shape index (κ3) is 8.42. The van der Waals surface area contributed by atoms with Gasteiger partial charge in [-0.25, -0.2) is 9.97 Å². The van der Waals surface area contributed by atoms with Crippen LogP contribution in [0.25, 0.3) is 43.9 Å². The number of benzene rings is 3. The van der Waals surface area contributed by atoms with Gasteiger partial charge in [-0.15, -0.1) is 0 Å². The summed E-state index contributed by atoms with van der Waals surface area (Å²) in [5, 5.41) is 18.7. The molecule has 304 valence electrons. The number of nitriles is 1. The Hall–Kier alpha value is -7.73. The molecule has 4 N–H and O–H groups in total. The van der Waals surface area contributed by atoms with Crippen LogP contribution in [-0.4, -0.2) is 72.5 Å². The number of rotatable bonds is 8. The first kappa shape index (κ1) is 38.8. The zero-order valence-electron chi connectivity index (χ0n) is 33.1. The highest BCUT2D eigenvalue weighted by atomic mass is 16.5. The molecule has 3 aromatic carbocycles. The maximum atomic E-state index is 12.6. The average Bonchev–Trinajstić information content (AvgIpc) is 3.86. The summed E-state index contributed by atoms with van der Waals surface area (Å²) in [4.78, 5) is 44.5. The molecule has 0 bridgehead atoms. The molecular formula is C47H41N9O5. The van der Waals surface area contributed by atoms with Gasteiger partial charge < -0.3 is 44.3 Å². The van der Waals surface area contributed by atoms with Crippen molar-refractivity contribution in [1.82, 2.24) is 19.9 Å². The van der Waals surface area contributed by atoms with Crippen molar-refractivity contribution in [2.45, 2.75) is 0 Å². The van der Waals surface area contributed by atoms with Gasteiger partial charge in [0.2, 0.25) is 0 Å². The molecule has 0 amide bonds. The number of aromatic amines is 2. The fourth-order valence-corrected chi connectivity index (χ4v) is 7.62. The number of fused-ring (bicyclic) bond motifs is 2. The molecule has 2 aliphatic rings. The summed E-state index contributed by atoms with van der Waals surface area (Å²) in [7, 11) is 0. The Morgan fingerprint density at radius 3 is 1.90 bits per heavy atom. The molecule has 2 fully saturated rings. The molecule has 0 saturated carbocycles. The van der Waals surface area contributed by atoms with Gasteiger partial charge in [-0.1, -0.05) is 18.2 Å². The summed E-state index contributed by atoms with van der Waals surface area (Å²) < 4.78 is 16.0. The Kier molecular flexibility index (Phi) is 11.2. The molecular weight excluding hydrogens is 771 g/mol. The van der Waals surface area contributed by atoms with E-state index < -0.39 is 0 Å². The van der Waals surface area contributed by atoms with Crippen LogP contribution in [0.5, 0.6) is 0 Å². The Morgan fingerprint density at radius 1 is 0.672 bits per heavy atom. The molecule has 5 aromatic heterocycles. The highest BCUT2D eigenvalue weighted by Crippen LogP contribution is 2.33. The quantitative estimate of drug-likeness (QED) is 0.117. The number of anilines is 6. The fraction of sp³-hybridized carbons (Fsp3) is 0.170. The minimum atomic E-state index is -0.220. The van der Waals surface area contributed by atoms with Gasteiger partial charge in [-0.3, -0.25) is 9.59 Å². The monoisotopic (exact) mass is 811 g/mol. The zero-order chi connectivity index (χ0) is 41.5. The Bertz CT molecular complexity index is 2950. The summed E-state index contributed by atoms with van der Waals surface area (Å²) in [6.07, 6.45) is 8.28. The third-order valence-corrected chi connectivity index (χ3v) is 10.7. The van der Waals surface area contributed by atoms with Crippen LogP contribution < -0.4 is 31.6 Å². The zero-order valence-corrected chi connectivity index (χ0v) is 33.1. The maximum absolute atomic E-state index is 12.6. The standard InChI is InChI=1S/C25H21N5O2.C22H20N4O3/c26-16-18-3-1-2-4-21(18)22-15-17-9-10-27-25(31)23(17)24(29-22)28-19-5-7-20(8-6-19)30-11-13-32-14-12-30;27-22-20-18(5-7-23-22)19(15-6-10-29-14-15)13-24-21(20)25-16-1-3-17(4-2-16)26-8-11-28-12-9-26/h1-10,15H,11-14H2,(H,27,31)(H,28,29);1-7,10,13-14H,8-9,11-12H2,(H,23,27)(H,24,25). The van der Waals surface area contributed by atoms with E-state index >= 15 is 0 Å². The normalized spacial score (nSPS) is 14.0. The summed E-state index contributed by atoms with van der Waals surface area (Å²) in [6.45, 7) is 6.49. The van der Waals surface area contributed by atoms with Crippen LogP contribution in [0.1, 0.15) is 5.56 Å². The molecule has 61 heavy (non-hydrogen) atoms. The van der Waals surface area contributed by atoms with Crippen molar-refractivity contribution >= 4 is 55.9 Å². The number of morpholine rings is 2. The number of hydrogen-bond acceptors (Lipinski definition) is 12. The molecule has 14 nitrogen and oxygen atoms in total. The molecule has 7 heterocycles. The molecule has 14 heteroatoms. The van der Waals surface area contributed by atoms with Gasteiger partial charge in [0.1, 0.15) is 11.6 Å². The number of aromatic nitrogens is 4. The second kappa shape index (κ2) is 17.6. The third-order valence-electron chi connectivity index (χ3n) is 10.7. The topological polar surface area (TPSA) is 177 Å². The molecule has 0 unspecified atom stereocenters. The van der Waals surface area contributed by atoms with Crippen molar-refractivity contribution in [3.8, 4) is 28.5 Å². The van der Waals surface area contributed by atoms with Crippen LogP contribution in [0.15, 0.2) is 142 Å². The molecule has 2 aliphatic heterocycles. The first-order valence-corrected chi connectivity index (χ1v) is 20.0. The second-order valence-corrected chi connectivity index (χ2v) is 14.5. The van der Waals surface area contributed by atoms with E-state index in [-0.39, 0.29) is 11.1 Å². The molecule has 0 atom stereocenters. The number of H-pyrrole nitrogens is 2. The van der Waals surface area contributed by atoms with E-state index in [4.69, 9.17) is 18.9 Å². The number of furan rings is 1. The van der Waals surface area contributed by atoms with Gasteiger partial charge in [0.25, 0.3) is 11.1 Å². The number of nitrogens with zero attached hydrogens (tertiary/aromatic N) is 5. The lowest BCUT2D eigenvalue weighted by Crippen LogP contribution is -2.36. The molecule has 10 rings (SSSR count). The van der Waals surface area contributed by atoms with E-state index in [2.05, 4.69) is 65.7 Å². The second-order valence-electron chi connectivity index (χ2n) is 14.5. The number of ether oxygens (including phenoxy) is 2. The highest BCUT2D eigenvalue weighted by Gasteiger charge is 2.17. The smallest absolute Gasteiger partial charge is 0.259 e. The van der Waals surface area contributed by atoms with Gasteiger partial charge >= 0.3 is 0 Å². The summed E-state index contributed by atoms with van der Waals surface area (Å²) in [5.41, 5.74) is 7.20. The molecule has 8 aromatic rings. The number of hydrogen-bond donors (Lipinski definition) is 4. The van der Waals surface area contributed by atoms with Gasteiger partial charge in [0.05, 0.1) is 67.1 Å². The van der Waals surface area contributed by atoms with Gasteiger partial charge in [0, 0.05) is 89.6 Å². The first-order chi connectivity index (χ1) is 30.0. The first-order valence-electron chi connectivity index (χ1n) is 20.0. The summed E-state index contributed by atoms with van der Waals surface area (Å²) >= 11 is 0. The van der Waals surface area contributed by atoms with Crippen LogP contribution in [0.4, 0.5) is 34.4 Å². The minimum Gasteiger partial charge on any atom is -0.472 e. The van der Waals surface area contributed by atoms with Gasteiger partial charge in [-0.05, 0) is 84.2 Å². The predicted octanol–water partition coefficient (Wildman–Crippen LogP) is 7.81. The maximum Gasteiger partial charge on any atom is 0.259 e. The number of nitrogens with one attached hydrogen (secondary N) is 4. The van der Waals surface area contributed by atoms with E-state index in [9.17, 15) is 14.9 Å². The Labute approximate surface area is 350 Å². The molecule has 0 aliphatic carbocycles. The van der Waals surface area contributed by atoms with Crippen LogP contribution >= 0.6 is 0 Å². The van der Waals surface area contributed by atoms with Gasteiger partial charge in [0.15, 0.2) is 0 Å².